The molecule has 3 heteroatoms. The van der Waals surface area contributed by atoms with Gasteiger partial charge in [-0.2, -0.15) is 0 Å². The Bertz CT molecular complexity index is 269. The number of aliphatic hydroxyl groups excluding tert-OH is 1. The van der Waals surface area contributed by atoms with E-state index in [9.17, 15) is 0 Å². The van der Waals surface area contributed by atoms with Gasteiger partial charge in [-0.25, -0.2) is 4.98 Å². The largest absolute Gasteiger partial charge is 0.384 e. The molecule has 0 radical (unpaired) electrons. The molecule has 1 rings (SSSR count). The molecule has 0 atom stereocenters. The Balaban J connectivity index is 2.76. The van der Waals surface area contributed by atoms with Crippen molar-refractivity contribution in [3.8, 4) is 11.8 Å². The number of aliphatic hydroxyl groups is 1. The lowest BCUT2D eigenvalue weighted by atomic mass is 10.6. The number of rotatable bonds is 0. The zero-order valence-corrected chi connectivity index (χ0v) is 6.40. The number of aromatic nitrogens is 1. The van der Waals surface area contributed by atoms with Gasteiger partial charge in [-0.1, -0.05) is 5.92 Å². The molecule has 1 N–H and O–H groups in total. The van der Waals surface area contributed by atoms with Crippen LogP contribution in [-0.2, 0) is 0 Å². The third kappa shape index (κ3) is 1.83. The summed E-state index contributed by atoms with van der Waals surface area (Å²) in [4.78, 5) is 5.13. The van der Waals surface area contributed by atoms with Crippen LogP contribution in [0.3, 0.4) is 0 Å². The van der Waals surface area contributed by atoms with Gasteiger partial charge < -0.3 is 5.11 Å². The van der Waals surface area contributed by atoms with E-state index in [1.165, 1.54) is 11.3 Å². The molecule has 0 unspecified atom stereocenters. The van der Waals surface area contributed by atoms with Crippen molar-refractivity contribution in [1.82, 2.24) is 4.98 Å². The molecule has 1 aromatic heterocycles. The van der Waals surface area contributed by atoms with Gasteiger partial charge >= 0.3 is 0 Å². The van der Waals surface area contributed by atoms with Crippen molar-refractivity contribution in [3.63, 3.8) is 0 Å². The monoisotopic (exact) mass is 153 g/mol. The second-order valence-corrected chi connectivity index (χ2v) is 2.97. The molecule has 0 aliphatic rings. The lowest BCUT2D eigenvalue weighted by molar-refractivity contribution is 0.350. The van der Waals surface area contributed by atoms with Crippen LogP contribution in [0.25, 0.3) is 0 Å². The van der Waals surface area contributed by atoms with Crippen LogP contribution < -0.4 is 0 Å². The third-order valence-electron chi connectivity index (χ3n) is 0.896. The van der Waals surface area contributed by atoms with Gasteiger partial charge in [-0.05, 0) is 12.8 Å². The number of thiazole rings is 1. The van der Waals surface area contributed by atoms with E-state index in [0.29, 0.717) is 0 Å². The molecule has 0 saturated heterocycles. The van der Waals surface area contributed by atoms with Crippen molar-refractivity contribution in [2.75, 3.05) is 6.61 Å². The topological polar surface area (TPSA) is 33.1 Å². The van der Waals surface area contributed by atoms with Gasteiger partial charge in [0.1, 0.15) is 6.61 Å². The summed E-state index contributed by atoms with van der Waals surface area (Å²) < 4.78 is 0. The smallest absolute Gasteiger partial charge is 0.167 e. The molecule has 0 aliphatic heterocycles. The van der Waals surface area contributed by atoms with Crippen LogP contribution in [0.4, 0.5) is 0 Å². The van der Waals surface area contributed by atoms with Crippen molar-refractivity contribution in [2.24, 2.45) is 0 Å². The standard InChI is InChI=1S/C7H7NOS/c1-6-5-8-7(10-6)3-2-4-9/h5,9H,4H2,1H3. The summed E-state index contributed by atoms with van der Waals surface area (Å²) in [5.41, 5.74) is 0. The maximum absolute atomic E-state index is 8.34. The predicted molar refractivity (Wildman–Crippen MR) is 40.8 cm³/mol. The molecular weight excluding hydrogens is 146 g/mol. The first-order valence-corrected chi connectivity index (χ1v) is 3.67. The van der Waals surface area contributed by atoms with Crippen molar-refractivity contribution in [1.29, 1.82) is 0 Å². The Hall–Kier alpha value is -0.850. The van der Waals surface area contributed by atoms with Crippen molar-refractivity contribution in [2.45, 2.75) is 6.92 Å². The summed E-state index contributed by atoms with van der Waals surface area (Å²) in [7, 11) is 0. The second-order valence-electron chi connectivity index (χ2n) is 1.74. The third-order valence-corrected chi connectivity index (χ3v) is 1.72. The molecule has 0 saturated carbocycles. The molecule has 10 heavy (non-hydrogen) atoms. The fraction of sp³-hybridized carbons (Fsp3) is 0.286. The molecule has 2 nitrogen and oxygen atoms in total. The summed E-state index contributed by atoms with van der Waals surface area (Å²) in [5.74, 6) is 5.25. The van der Waals surface area contributed by atoms with Gasteiger partial charge in [0.25, 0.3) is 0 Å². The van der Waals surface area contributed by atoms with Gasteiger partial charge in [-0.15, -0.1) is 11.3 Å². The number of hydrogen-bond donors (Lipinski definition) is 1. The minimum atomic E-state index is -0.0986. The van der Waals surface area contributed by atoms with Crippen LogP contribution in [0.5, 0.6) is 0 Å². The molecule has 1 heterocycles. The molecule has 1 aromatic rings. The Kier molecular flexibility index (Phi) is 2.43. The van der Waals surface area contributed by atoms with E-state index < -0.39 is 0 Å². The van der Waals surface area contributed by atoms with Gasteiger partial charge in [0.15, 0.2) is 5.01 Å². The Morgan fingerprint density at radius 1 is 1.80 bits per heavy atom. The first kappa shape index (κ1) is 7.26. The van der Waals surface area contributed by atoms with Gasteiger partial charge in [0.2, 0.25) is 0 Å². The highest BCUT2D eigenvalue weighted by atomic mass is 32.1. The van der Waals surface area contributed by atoms with Gasteiger partial charge in [0.05, 0.1) is 0 Å². The molecular formula is C7H7NOS. The lowest BCUT2D eigenvalue weighted by Gasteiger charge is -1.73. The summed E-state index contributed by atoms with van der Waals surface area (Å²) in [6.45, 7) is 1.88. The zero-order valence-electron chi connectivity index (χ0n) is 5.59. The summed E-state index contributed by atoms with van der Waals surface area (Å²) >= 11 is 1.53. The second kappa shape index (κ2) is 3.35. The minimum Gasteiger partial charge on any atom is -0.384 e. The number of hydrogen-bond acceptors (Lipinski definition) is 3. The maximum atomic E-state index is 8.34. The average molecular weight is 153 g/mol. The number of nitrogens with zero attached hydrogens (tertiary/aromatic N) is 1. The van der Waals surface area contributed by atoms with Crippen LogP contribution in [0, 0.1) is 18.8 Å². The normalized spacial score (nSPS) is 8.60. The molecule has 0 fully saturated rings. The van der Waals surface area contributed by atoms with Crippen LogP contribution in [-0.4, -0.2) is 16.7 Å². The Labute approximate surface area is 63.5 Å². The van der Waals surface area contributed by atoms with E-state index in [-0.39, 0.29) is 6.61 Å². The van der Waals surface area contributed by atoms with Crippen molar-refractivity contribution >= 4 is 11.3 Å². The van der Waals surface area contributed by atoms with E-state index in [0.717, 1.165) is 9.88 Å². The highest BCUT2D eigenvalue weighted by Crippen LogP contribution is 2.08. The van der Waals surface area contributed by atoms with Gasteiger partial charge in [0, 0.05) is 11.1 Å². The van der Waals surface area contributed by atoms with Crippen molar-refractivity contribution in [3.05, 3.63) is 16.1 Å². The summed E-state index contributed by atoms with van der Waals surface area (Å²) in [6.07, 6.45) is 1.77. The average Bonchev–Trinajstić information content (AvgIpc) is 2.31. The van der Waals surface area contributed by atoms with Crippen LogP contribution >= 0.6 is 11.3 Å². The molecule has 0 bridgehead atoms. The number of aryl methyl sites for hydroxylation is 1. The molecule has 52 valence electrons. The lowest BCUT2D eigenvalue weighted by Crippen LogP contribution is -1.72. The zero-order chi connectivity index (χ0) is 7.40. The maximum Gasteiger partial charge on any atom is 0.167 e. The molecule has 0 spiro atoms. The van der Waals surface area contributed by atoms with E-state index in [1.54, 1.807) is 6.20 Å². The van der Waals surface area contributed by atoms with Crippen molar-refractivity contribution < 1.29 is 5.11 Å². The van der Waals surface area contributed by atoms with E-state index in [1.807, 2.05) is 6.92 Å². The highest BCUT2D eigenvalue weighted by molar-refractivity contribution is 7.12. The van der Waals surface area contributed by atoms with E-state index in [4.69, 9.17) is 5.11 Å². The molecule has 0 amide bonds. The highest BCUT2D eigenvalue weighted by Gasteiger charge is 1.90. The molecule has 0 aromatic carbocycles. The van der Waals surface area contributed by atoms with Crippen LogP contribution in [0.2, 0.25) is 0 Å². The fourth-order valence-corrected chi connectivity index (χ4v) is 1.17. The Morgan fingerprint density at radius 3 is 3.10 bits per heavy atom. The summed E-state index contributed by atoms with van der Waals surface area (Å²) in [5, 5.41) is 9.11. The van der Waals surface area contributed by atoms with E-state index in [2.05, 4.69) is 16.8 Å². The summed E-state index contributed by atoms with van der Waals surface area (Å²) in [6, 6.07) is 0. The Morgan fingerprint density at radius 2 is 2.60 bits per heavy atom. The van der Waals surface area contributed by atoms with Crippen LogP contribution in [0.1, 0.15) is 9.88 Å². The predicted octanol–water partition coefficient (Wildman–Crippen LogP) is 0.795. The van der Waals surface area contributed by atoms with Crippen LogP contribution in [0.15, 0.2) is 6.20 Å². The minimum absolute atomic E-state index is 0.0986. The fourth-order valence-electron chi connectivity index (χ4n) is 0.528. The SMILES string of the molecule is Cc1cnc(C#CCO)s1. The first-order chi connectivity index (χ1) is 4.83. The van der Waals surface area contributed by atoms with Gasteiger partial charge in [-0.3, -0.25) is 0 Å². The molecule has 0 aliphatic carbocycles. The quantitative estimate of drug-likeness (QED) is 0.559. The first-order valence-electron chi connectivity index (χ1n) is 2.85. The van der Waals surface area contributed by atoms with E-state index >= 15 is 0 Å².